The van der Waals surface area contributed by atoms with E-state index in [4.69, 9.17) is 4.74 Å². The number of anilines is 2. The highest BCUT2D eigenvalue weighted by Gasteiger charge is 2.35. The Morgan fingerprint density at radius 3 is 2.56 bits per heavy atom. The summed E-state index contributed by atoms with van der Waals surface area (Å²) in [4.78, 5) is 38.0. The monoisotopic (exact) mass is 539 g/mol. The van der Waals surface area contributed by atoms with Crippen LogP contribution in [0.25, 0.3) is 0 Å². The number of nitrogens with one attached hydrogen (secondary N) is 2. The van der Waals surface area contributed by atoms with Crippen molar-refractivity contribution in [3.63, 3.8) is 0 Å². The van der Waals surface area contributed by atoms with Crippen LogP contribution in [-0.2, 0) is 20.6 Å². The maximum Gasteiger partial charge on any atom is 0.418 e. The SMILES string of the molecule is C=CCNC(=O)[C@H]1CC(=O)N(c2ccc(OCC(=O)Nc3ccc(Br)cc3C(F)(F)F)cc2)C1. The maximum absolute atomic E-state index is 13.2. The van der Waals surface area contributed by atoms with Crippen molar-refractivity contribution in [2.45, 2.75) is 12.6 Å². The van der Waals surface area contributed by atoms with Gasteiger partial charge in [-0.25, -0.2) is 0 Å². The number of amides is 3. The van der Waals surface area contributed by atoms with E-state index in [1.165, 1.54) is 23.1 Å². The van der Waals surface area contributed by atoms with Crippen LogP contribution in [0.3, 0.4) is 0 Å². The Hall–Kier alpha value is -3.34. The average Bonchev–Trinajstić information content (AvgIpc) is 3.18. The Balaban J connectivity index is 1.57. The molecule has 0 spiro atoms. The average molecular weight is 540 g/mol. The Morgan fingerprint density at radius 1 is 1.21 bits per heavy atom. The van der Waals surface area contributed by atoms with Gasteiger partial charge >= 0.3 is 6.18 Å². The quantitative estimate of drug-likeness (QED) is 0.493. The smallest absolute Gasteiger partial charge is 0.418 e. The van der Waals surface area contributed by atoms with Gasteiger partial charge in [0.15, 0.2) is 6.61 Å². The first-order valence-corrected chi connectivity index (χ1v) is 11.0. The molecule has 1 aliphatic rings. The van der Waals surface area contributed by atoms with Crippen molar-refractivity contribution in [3.8, 4) is 5.75 Å². The molecule has 180 valence electrons. The molecule has 1 heterocycles. The van der Waals surface area contributed by atoms with E-state index in [2.05, 4.69) is 33.1 Å². The minimum atomic E-state index is -4.64. The molecule has 1 atom stereocenters. The molecule has 2 N–H and O–H groups in total. The lowest BCUT2D eigenvalue weighted by molar-refractivity contribution is -0.137. The van der Waals surface area contributed by atoms with Crippen LogP contribution < -0.4 is 20.3 Å². The summed E-state index contributed by atoms with van der Waals surface area (Å²) in [5, 5.41) is 4.88. The summed E-state index contributed by atoms with van der Waals surface area (Å²) in [6.07, 6.45) is -2.99. The van der Waals surface area contributed by atoms with Crippen molar-refractivity contribution in [1.29, 1.82) is 0 Å². The number of hydrogen-bond acceptors (Lipinski definition) is 4. The number of alkyl halides is 3. The summed E-state index contributed by atoms with van der Waals surface area (Å²) in [6.45, 7) is 3.58. The van der Waals surface area contributed by atoms with E-state index in [-0.39, 0.29) is 40.7 Å². The second-order valence-electron chi connectivity index (χ2n) is 7.46. The number of carbonyl (C=O) groups is 3. The van der Waals surface area contributed by atoms with E-state index in [0.717, 1.165) is 12.1 Å². The topological polar surface area (TPSA) is 87.7 Å². The highest BCUT2D eigenvalue weighted by atomic mass is 79.9. The van der Waals surface area contributed by atoms with Crippen LogP contribution in [0, 0.1) is 5.92 Å². The molecule has 0 aliphatic carbocycles. The first-order chi connectivity index (χ1) is 16.1. The molecule has 0 saturated carbocycles. The van der Waals surface area contributed by atoms with Crippen molar-refractivity contribution < 1.29 is 32.3 Å². The molecule has 1 saturated heterocycles. The highest BCUT2D eigenvalue weighted by molar-refractivity contribution is 9.10. The molecule has 7 nitrogen and oxygen atoms in total. The van der Waals surface area contributed by atoms with Crippen LogP contribution in [0.4, 0.5) is 24.5 Å². The fraction of sp³-hybridized carbons (Fsp3) is 0.261. The lowest BCUT2D eigenvalue weighted by atomic mass is 10.1. The number of halogens is 4. The number of hydrogen-bond donors (Lipinski definition) is 2. The fourth-order valence-corrected chi connectivity index (χ4v) is 3.73. The van der Waals surface area contributed by atoms with Gasteiger partial charge in [0.05, 0.1) is 17.2 Å². The van der Waals surface area contributed by atoms with Crippen LogP contribution in [-0.4, -0.2) is 37.4 Å². The minimum Gasteiger partial charge on any atom is -0.484 e. The van der Waals surface area contributed by atoms with Crippen LogP contribution >= 0.6 is 15.9 Å². The Bertz CT molecular complexity index is 1090. The molecule has 0 radical (unpaired) electrons. The normalized spacial score (nSPS) is 15.7. The number of benzene rings is 2. The summed E-state index contributed by atoms with van der Waals surface area (Å²) >= 11 is 2.99. The molecule has 34 heavy (non-hydrogen) atoms. The summed E-state index contributed by atoms with van der Waals surface area (Å²) in [5.41, 5.74) is -0.796. The summed E-state index contributed by atoms with van der Waals surface area (Å²) in [5.74, 6) is -1.35. The summed E-state index contributed by atoms with van der Waals surface area (Å²) in [7, 11) is 0. The van der Waals surface area contributed by atoms with Crippen LogP contribution in [0.15, 0.2) is 59.6 Å². The second-order valence-corrected chi connectivity index (χ2v) is 8.37. The lowest BCUT2D eigenvalue weighted by Crippen LogP contribution is -2.32. The van der Waals surface area contributed by atoms with Crippen molar-refractivity contribution in [1.82, 2.24) is 5.32 Å². The number of carbonyl (C=O) groups excluding carboxylic acids is 3. The van der Waals surface area contributed by atoms with Gasteiger partial charge < -0.3 is 20.3 Å². The predicted molar refractivity (Wildman–Crippen MR) is 123 cm³/mol. The lowest BCUT2D eigenvalue weighted by Gasteiger charge is -2.17. The van der Waals surface area contributed by atoms with Gasteiger partial charge in [-0.05, 0) is 42.5 Å². The molecule has 2 aromatic carbocycles. The van der Waals surface area contributed by atoms with E-state index in [9.17, 15) is 27.6 Å². The van der Waals surface area contributed by atoms with Gasteiger partial charge in [0, 0.05) is 29.7 Å². The van der Waals surface area contributed by atoms with E-state index in [0.29, 0.717) is 12.2 Å². The van der Waals surface area contributed by atoms with Gasteiger partial charge in [-0.2, -0.15) is 13.2 Å². The van der Waals surface area contributed by atoms with E-state index in [1.807, 2.05) is 0 Å². The largest absolute Gasteiger partial charge is 0.484 e. The van der Waals surface area contributed by atoms with Crippen molar-refractivity contribution in [2.75, 3.05) is 29.9 Å². The van der Waals surface area contributed by atoms with Crippen molar-refractivity contribution in [2.24, 2.45) is 5.92 Å². The van der Waals surface area contributed by atoms with Gasteiger partial charge in [0.2, 0.25) is 11.8 Å². The Labute approximate surface area is 202 Å². The van der Waals surface area contributed by atoms with E-state index < -0.39 is 30.2 Å². The first kappa shape index (κ1) is 25.3. The fourth-order valence-electron chi connectivity index (χ4n) is 3.37. The third-order valence-electron chi connectivity index (χ3n) is 5.00. The van der Waals surface area contributed by atoms with Gasteiger partial charge in [-0.15, -0.1) is 6.58 Å². The molecule has 0 bridgehead atoms. The first-order valence-electron chi connectivity index (χ1n) is 10.2. The number of nitrogens with zero attached hydrogens (tertiary/aromatic N) is 1. The van der Waals surface area contributed by atoms with Gasteiger partial charge in [-0.1, -0.05) is 22.0 Å². The zero-order chi connectivity index (χ0) is 24.9. The predicted octanol–water partition coefficient (Wildman–Crippen LogP) is 4.14. The number of ether oxygens (including phenoxy) is 1. The zero-order valence-electron chi connectivity index (χ0n) is 17.8. The van der Waals surface area contributed by atoms with Crippen molar-refractivity contribution >= 4 is 45.0 Å². The minimum absolute atomic E-state index is 0.0946. The van der Waals surface area contributed by atoms with Crippen LogP contribution in [0.5, 0.6) is 5.75 Å². The number of rotatable bonds is 8. The summed E-state index contributed by atoms with van der Waals surface area (Å²) < 4.78 is 45.2. The second kappa shape index (κ2) is 10.7. The molecule has 3 amide bonds. The molecular weight excluding hydrogens is 519 g/mol. The molecule has 0 aromatic heterocycles. The Morgan fingerprint density at radius 2 is 1.91 bits per heavy atom. The molecule has 11 heteroatoms. The maximum atomic E-state index is 13.2. The highest BCUT2D eigenvalue weighted by Crippen LogP contribution is 2.36. The van der Waals surface area contributed by atoms with Crippen LogP contribution in [0.2, 0.25) is 0 Å². The molecular formula is C23H21BrF3N3O4. The Kier molecular flexibility index (Phi) is 7.98. The molecule has 1 aliphatic heterocycles. The van der Waals surface area contributed by atoms with Gasteiger partial charge in [0.1, 0.15) is 5.75 Å². The van der Waals surface area contributed by atoms with E-state index >= 15 is 0 Å². The van der Waals surface area contributed by atoms with Crippen molar-refractivity contribution in [3.05, 3.63) is 65.2 Å². The third-order valence-corrected chi connectivity index (χ3v) is 5.49. The van der Waals surface area contributed by atoms with Gasteiger partial charge in [0.25, 0.3) is 5.91 Å². The third kappa shape index (κ3) is 6.37. The molecule has 2 aromatic rings. The zero-order valence-corrected chi connectivity index (χ0v) is 19.4. The summed E-state index contributed by atoms with van der Waals surface area (Å²) in [6, 6.07) is 9.68. The molecule has 3 rings (SSSR count). The van der Waals surface area contributed by atoms with Gasteiger partial charge in [-0.3, -0.25) is 14.4 Å². The van der Waals surface area contributed by atoms with Crippen LogP contribution in [0.1, 0.15) is 12.0 Å². The molecule has 1 fully saturated rings. The standard InChI is InChI=1S/C23H21BrF3N3O4/c1-2-9-28-22(33)14-10-21(32)30(12-14)16-4-6-17(7-5-16)34-13-20(31)29-19-8-3-15(24)11-18(19)23(25,26)27/h2-8,11,14H,1,9-10,12-13H2,(H,28,33)(H,29,31)/t14-/m0/s1. The molecule has 0 unspecified atom stereocenters. The van der Waals surface area contributed by atoms with E-state index in [1.54, 1.807) is 18.2 Å².